The Kier molecular flexibility index (Phi) is 6.70. The molecule has 114 valence electrons. The molecule has 20 heavy (non-hydrogen) atoms. The van der Waals surface area contributed by atoms with Gasteiger partial charge in [0.1, 0.15) is 0 Å². The molecule has 1 aromatic rings. The second kappa shape index (κ2) is 7.80. The monoisotopic (exact) mass is 277 g/mol. The van der Waals surface area contributed by atoms with Crippen molar-refractivity contribution in [2.45, 2.75) is 65.0 Å². The van der Waals surface area contributed by atoms with Crippen molar-refractivity contribution in [1.29, 1.82) is 0 Å². The van der Waals surface area contributed by atoms with Crippen LogP contribution < -0.4 is 5.32 Å². The molecule has 0 aromatic heterocycles. The summed E-state index contributed by atoms with van der Waals surface area (Å²) in [6, 6.07) is 9.33. The Hall–Kier alpha value is -0.860. The summed E-state index contributed by atoms with van der Waals surface area (Å²) >= 11 is 0. The molecule has 1 N–H and O–H groups in total. The number of methoxy groups -OCH3 is 1. The lowest BCUT2D eigenvalue weighted by Crippen LogP contribution is -2.49. The fourth-order valence-electron chi connectivity index (χ4n) is 2.30. The van der Waals surface area contributed by atoms with Crippen LogP contribution in [0, 0.1) is 0 Å². The van der Waals surface area contributed by atoms with Crippen LogP contribution in [0.3, 0.4) is 0 Å². The second-order valence-corrected chi connectivity index (χ2v) is 6.41. The molecule has 2 heteroatoms. The van der Waals surface area contributed by atoms with Crippen LogP contribution in [0.1, 0.15) is 58.1 Å². The molecule has 0 radical (unpaired) electrons. The van der Waals surface area contributed by atoms with Gasteiger partial charge in [-0.05, 0) is 50.3 Å². The van der Waals surface area contributed by atoms with Crippen molar-refractivity contribution in [2.24, 2.45) is 0 Å². The number of nitrogens with one attached hydrogen (secondary N) is 1. The third-order valence-corrected chi connectivity index (χ3v) is 4.09. The summed E-state index contributed by atoms with van der Waals surface area (Å²) < 4.78 is 5.67. The van der Waals surface area contributed by atoms with E-state index in [9.17, 15) is 0 Å². The molecule has 0 spiro atoms. The lowest BCUT2D eigenvalue weighted by Gasteiger charge is -2.34. The Morgan fingerprint density at radius 2 is 1.75 bits per heavy atom. The smallest absolute Gasteiger partial charge is 0.0778 e. The molecule has 0 bridgehead atoms. The van der Waals surface area contributed by atoms with Crippen molar-refractivity contribution in [3.8, 4) is 0 Å². The summed E-state index contributed by atoms with van der Waals surface area (Å²) in [7, 11) is 1.79. The van der Waals surface area contributed by atoms with E-state index in [0.29, 0.717) is 12.0 Å². The first-order valence-corrected chi connectivity index (χ1v) is 7.78. The van der Waals surface area contributed by atoms with Crippen LogP contribution in [-0.2, 0) is 11.2 Å². The van der Waals surface area contributed by atoms with Crippen LogP contribution in [0.15, 0.2) is 24.3 Å². The van der Waals surface area contributed by atoms with Crippen LogP contribution in [0.4, 0.5) is 0 Å². The van der Waals surface area contributed by atoms with Crippen LogP contribution in [0.2, 0.25) is 0 Å². The highest BCUT2D eigenvalue weighted by Gasteiger charge is 2.28. The van der Waals surface area contributed by atoms with Gasteiger partial charge in [-0.3, -0.25) is 0 Å². The van der Waals surface area contributed by atoms with Gasteiger partial charge >= 0.3 is 0 Å². The highest BCUT2D eigenvalue weighted by molar-refractivity contribution is 5.25. The van der Waals surface area contributed by atoms with Gasteiger partial charge in [-0.15, -0.1) is 0 Å². The number of hydrogen-bond donors (Lipinski definition) is 1. The van der Waals surface area contributed by atoms with Gasteiger partial charge in [0.2, 0.25) is 0 Å². The lowest BCUT2D eigenvalue weighted by atomic mass is 9.91. The van der Waals surface area contributed by atoms with Crippen LogP contribution in [0.5, 0.6) is 0 Å². The van der Waals surface area contributed by atoms with E-state index in [2.05, 4.69) is 64.2 Å². The van der Waals surface area contributed by atoms with E-state index in [4.69, 9.17) is 4.74 Å². The van der Waals surface area contributed by atoms with Crippen LogP contribution in [0.25, 0.3) is 0 Å². The molecule has 0 saturated carbocycles. The minimum Gasteiger partial charge on any atom is -0.377 e. The van der Waals surface area contributed by atoms with Crippen molar-refractivity contribution >= 4 is 0 Å². The predicted molar refractivity (Wildman–Crippen MR) is 87.4 cm³/mol. The summed E-state index contributed by atoms with van der Waals surface area (Å²) in [5, 5.41) is 3.62. The number of rotatable bonds is 8. The van der Waals surface area contributed by atoms with Crippen molar-refractivity contribution in [3.63, 3.8) is 0 Å². The highest BCUT2D eigenvalue weighted by atomic mass is 16.5. The fourth-order valence-corrected chi connectivity index (χ4v) is 2.30. The summed E-state index contributed by atoms with van der Waals surface area (Å²) in [6.45, 7) is 12.0. The standard InChI is InChI=1S/C18H31NO/c1-7-12-19-17(18(4,5)20-6)13-15-8-10-16(11-9-15)14(2)3/h8-11,14,17,19H,7,12-13H2,1-6H3. The lowest BCUT2D eigenvalue weighted by molar-refractivity contribution is -0.00997. The largest absolute Gasteiger partial charge is 0.377 e. The average molecular weight is 277 g/mol. The maximum Gasteiger partial charge on any atom is 0.0778 e. The Morgan fingerprint density at radius 1 is 1.15 bits per heavy atom. The zero-order chi connectivity index (χ0) is 15.2. The van der Waals surface area contributed by atoms with Gasteiger partial charge in [-0.1, -0.05) is 45.0 Å². The van der Waals surface area contributed by atoms with E-state index >= 15 is 0 Å². The SMILES string of the molecule is CCCNC(Cc1ccc(C(C)C)cc1)C(C)(C)OC. The van der Waals surface area contributed by atoms with Crippen molar-refractivity contribution in [2.75, 3.05) is 13.7 Å². The number of hydrogen-bond acceptors (Lipinski definition) is 2. The van der Waals surface area contributed by atoms with Crippen molar-refractivity contribution in [3.05, 3.63) is 35.4 Å². The van der Waals surface area contributed by atoms with E-state index in [1.54, 1.807) is 7.11 Å². The van der Waals surface area contributed by atoms with Crippen LogP contribution in [-0.4, -0.2) is 25.3 Å². The zero-order valence-corrected chi connectivity index (χ0v) is 14.0. The predicted octanol–water partition coefficient (Wildman–Crippen LogP) is 4.15. The van der Waals surface area contributed by atoms with Crippen LogP contribution >= 0.6 is 0 Å². The normalized spacial score (nSPS) is 13.8. The van der Waals surface area contributed by atoms with Crippen molar-refractivity contribution in [1.82, 2.24) is 5.32 Å². The van der Waals surface area contributed by atoms with E-state index in [-0.39, 0.29) is 5.60 Å². The highest BCUT2D eigenvalue weighted by Crippen LogP contribution is 2.20. The van der Waals surface area contributed by atoms with Gasteiger partial charge in [0.15, 0.2) is 0 Å². The molecule has 0 heterocycles. The van der Waals surface area contributed by atoms with E-state index < -0.39 is 0 Å². The molecular formula is C18H31NO. The van der Waals surface area contributed by atoms with Gasteiger partial charge in [0, 0.05) is 13.2 Å². The molecule has 2 nitrogen and oxygen atoms in total. The van der Waals surface area contributed by atoms with E-state index in [1.807, 2.05) is 0 Å². The average Bonchev–Trinajstić information content (AvgIpc) is 2.43. The summed E-state index contributed by atoms with van der Waals surface area (Å²) in [6.07, 6.45) is 2.14. The maximum absolute atomic E-state index is 5.67. The third-order valence-electron chi connectivity index (χ3n) is 4.09. The van der Waals surface area contributed by atoms with Gasteiger partial charge in [0.05, 0.1) is 5.60 Å². The molecule has 0 aliphatic rings. The third kappa shape index (κ3) is 4.92. The Labute approximate surface area is 124 Å². The molecular weight excluding hydrogens is 246 g/mol. The van der Waals surface area contributed by atoms with Gasteiger partial charge in [0.25, 0.3) is 0 Å². The molecule has 0 amide bonds. The van der Waals surface area contributed by atoms with Gasteiger partial charge in [-0.2, -0.15) is 0 Å². The minimum absolute atomic E-state index is 0.161. The summed E-state index contributed by atoms with van der Waals surface area (Å²) in [4.78, 5) is 0. The molecule has 1 aromatic carbocycles. The molecule has 0 saturated heterocycles. The first-order chi connectivity index (χ1) is 9.40. The number of ether oxygens (including phenoxy) is 1. The quantitative estimate of drug-likeness (QED) is 0.771. The molecule has 0 aliphatic carbocycles. The summed E-state index contributed by atoms with van der Waals surface area (Å²) in [5.74, 6) is 0.591. The zero-order valence-electron chi connectivity index (χ0n) is 14.0. The van der Waals surface area contributed by atoms with E-state index in [0.717, 1.165) is 19.4 Å². The minimum atomic E-state index is -0.161. The van der Waals surface area contributed by atoms with Gasteiger partial charge < -0.3 is 10.1 Å². The first-order valence-electron chi connectivity index (χ1n) is 7.78. The first kappa shape index (κ1) is 17.2. The molecule has 1 rings (SSSR count). The molecule has 1 unspecified atom stereocenters. The maximum atomic E-state index is 5.67. The fraction of sp³-hybridized carbons (Fsp3) is 0.667. The Balaban J connectivity index is 2.78. The summed E-state index contributed by atoms with van der Waals surface area (Å²) in [5.41, 5.74) is 2.61. The number of benzene rings is 1. The second-order valence-electron chi connectivity index (χ2n) is 6.41. The topological polar surface area (TPSA) is 21.3 Å². The molecule has 1 atom stereocenters. The molecule has 0 fully saturated rings. The van der Waals surface area contributed by atoms with E-state index in [1.165, 1.54) is 11.1 Å². The van der Waals surface area contributed by atoms with Gasteiger partial charge in [-0.25, -0.2) is 0 Å². The molecule has 0 aliphatic heterocycles. The Morgan fingerprint density at radius 3 is 2.20 bits per heavy atom. The Bertz CT molecular complexity index is 381. The van der Waals surface area contributed by atoms with Crippen molar-refractivity contribution < 1.29 is 4.74 Å².